The molecule has 0 radical (unpaired) electrons. The average molecular weight is 278 g/mol. The van der Waals surface area contributed by atoms with Gasteiger partial charge >= 0.3 is 0 Å². The van der Waals surface area contributed by atoms with Crippen molar-refractivity contribution in [3.8, 4) is 11.5 Å². The van der Waals surface area contributed by atoms with Gasteiger partial charge in [0, 0.05) is 13.0 Å². The van der Waals surface area contributed by atoms with Crippen molar-refractivity contribution in [1.82, 2.24) is 0 Å². The van der Waals surface area contributed by atoms with Gasteiger partial charge in [0.1, 0.15) is 12.4 Å². The molecule has 0 saturated carbocycles. The van der Waals surface area contributed by atoms with Gasteiger partial charge in [-0.2, -0.15) is 0 Å². The van der Waals surface area contributed by atoms with Crippen LogP contribution in [0.1, 0.15) is 37.7 Å². The van der Waals surface area contributed by atoms with Crippen LogP contribution >= 0.6 is 0 Å². The topological polar surface area (TPSA) is 44.8 Å². The molecule has 2 rings (SSSR count). The molecule has 1 aliphatic rings. The maximum Gasteiger partial charge on any atom is 0.161 e. The smallest absolute Gasteiger partial charge is 0.161 e. The van der Waals surface area contributed by atoms with E-state index in [-0.39, 0.29) is 12.0 Å². The lowest BCUT2D eigenvalue weighted by atomic mass is 9.98. The van der Waals surface area contributed by atoms with E-state index in [1.165, 1.54) is 0 Å². The Kier molecular flexibility index (Phi) is 5.41. The summed E-state index contributed by atoms with van der Waals surface area (Å²) in [5, 5.41) is 0. The highest BCUT2D eigenvalue weighted by atomic mass is 16.5. The van der Waals surface area contributed by atoms with Crippen LogP contribution in [0.3, 0.4) is 0 Å². The first kappa shape index (κ1) is 14.9. The minimum atomic E-state index is 0.0934. The molecule has 2 atom stereocenters. The Balaban J connectivity index is 2.10. The number of carbonyl (C=O) groups excluding carboxylic acids is 1. The monoisotopic (exact) mass is 278 g/mol. The third-order valence-electron chi connectivity index (χ3n) is 3.62. The number of methoxy groups -OCH3 is 1. The summed E-state index contributed by atoms with van der Waals surface area (Å²) < 4.78 is 16.8. The molecule has 110 valence electrons. The van der Waals surface area contributed by atoms with Crippen LogP contribution in [0.2, 0.25) is 0 Å². The number of rotatable bonds is 6. The minimum absolute atomic E-state index is 0.0934. The van der Waals surface area contributed by atoms with Crippen LogP contribution in [0.5, 0.6) is 11.5 Å². The number of hydrogen-bond acceptors (Lipinski definition) is 4. The van der Waals surface area contributed by atoms with E-state index in [1.807, 2.05) is 25.1 Å². The van der Waals surface area contributed by atoms with Crippen molar-refractivity contribution < 1.29 is 19.0 Å². The zero-order valence-electron chi connectivity index (χ0n) is 12.1. The van der Waals surface area contributed by atoms with Crippen LogP contribution in [-0.2, 0) is 9.53 Å². The molecule has 4 nitrogen and oxygen atoms in total. The van der Waals surface area contributed by atoms with Gasteiger partial charge in [0.15, 0.2) is 11.5 Å². The van der Waals surface area contributed by atoms with E-state index in [2.05, 4.69) is 0 Å². The van der Waals surface area contributed by atoms with Gasteiger partial charge < -0.3 is 19.0 Å². The van der Waals surface area contributed by atoms with Gasteiger partial charge in [-0.1, -0.05) is 13.0 Å². The van der Waals surface area contributed by atoms with Crippen LogP contribution in [-0.4, -0.2) is 32.7 Å². The first-order valence-electron chi connectivity index (χ1n) is 7.10. The normalized spacial score (nSPS) is 20.2. The summed E-state index contributed by atoms with van der Waals surface area (Å²) in [6.45, 7) is 3.48. The Morgan fingerprint density at radius 2 is 2.30 bits per heavy atom. The fraction of sp³-hybridized carbons (Fsp3) is 0.562. The Hall–Kier alpha value is -1.55. The van der Waals surface area contributed by atoms with Crippen molar-refractivity contribution in [2.75, 3.05) is 20.3 Å². The van der Waals surface area contributed by atoms with Crippen molar-refractivity contribution >= 4 is 6.29 Å². The fourth-order valence-corrected chi connectivity index (χ4v) is 2.35. The van der Waals surface area contributed by atoms with Gasteiger partial charge in [0.2, 0.25) is 0 Å². The Labute approximate surface area is 120 Å². The molecule has 0 spiro atoms. The van der Waals surface area contributed by atoms with Gasteiger partial charge in [-0.05, 0) is 36.5 Å². The summed E-state index contributed by atoms with van der Waals surface area (Å²) in [5.41, 5.74) is 1.08. The molecule has 20 heavy (non-hydrogen) atoms. The Bertz CT molecular complexity index is 438. The zero-order valence-corrected chi connectivity index (χ0v) is 12.1. The highest BCUT2D eigenvalue weighted by Crippen LogP contribution is 2.33. The molecule has 1 aromatic rings. The molecule has 1 fully saturated rings. The third kappa shape index (κ3) is 3.73. The summed E-state index contributed by atoms with van der Waals surface area (Å²) in [6, 6.07) is 5.87. The number of carbonyl (C=O) groups is 1. The largest absolute Gasteiger partial charge is 0.493 e. The second kappa shape index (κ2) is 7.29. The maximum atomic E-state index is 10.6. The summed E-state index contributed by atoms with van der Waals surface area (Å²) in [5.74, 6) is 1.64. The van der Waals surface area contributed by atoms with E-state index in [0.717, 1.165) is 37.0 Å². The second-order valence-corrected chi connectivity index (χ2v) is 5.17. The molecular formula is C16H22O4. The van der Waals surface area contributed by atoms with Crippen molar-refractivity contribution in [2.45, 2.75) is 38.2 Å². The summed E-state index contributed by atoms with van der Waals surface area (Å²) in [7, 11) is 1.63. The zero-order chi connectivity index (χ0) is 14.4. The highest BCUT2D eigenvalue weighted by molar-refractivity contribution is 5.52. The van der Waals surface area contributed by atoms with Crippen molar-refractivity contribution in [1.29, 1.82) is 0 Å². The van der Waals surface area contributed by atoms with Crippen LogP contribution in [0.4, 0.5) is 0 Å². The Morgan fingerprint density at radius 1 is 1.45 bits per heavy atom. The first-order chi connectivity index (χ1) is 9.74. The lowest BCUT2D eigenvalue weighted by molar-refractivity contribution is -0.108. The SMILES string of the molecule is COc1cc(C(C)CC=O)ccc1OC1CCCOC1. The summed E-state index contributed by atoms with van der Waals surface area (Å²) >= 11 is 0. The van der Waals surface area contributed by atoms with E-state index in [0.29, 0.717) is 18.8 Å². The van der Waals surface area contributed by atoms with Gasteiger partial charge in [-0.25, -0.2) is 0 Å². The van der Waals surface area contributed by atoms with E-state index >= 15 is 0 Å². The number of benzene rings is 1. The van der Waals surface area contributed by atoms with E-state index in [9.17, 15) is 4.79 Å². The summed E-state index contributed by atoms with van der Waals surface area (Å²) in [6.07, 6.45) is 3.59. The summed E-state index contributed by atoms with van der Waals surface area (Å²) in [4.78, 5) is 10.6. The molecule has 0 amide bonds. The fourth-order valence-electron chi connectivity index (χ4n) is 2.35. The third-order valence-corrected chi connectivity index (χ3v) is 3.62. The van der Waals surface area contributed by atoms with Gasteiger partial charge in [0.05, 0.1) is 13.7 Å². The lowest BCUT2D eigenvalue weighted by Gasteiger charge is -2.24. The lowest BCUT2D eigenvalue weighted by Crippen LogP contribution is -2.28. The average Bonchev–Trinajstić information content (AvgIpc) is 2.49. The second-order valence-electron chi connectivity index (χ2n) is 5.17. The quantitative estimate of drug-likeness (QED) is 0.750. The van der Waals surface area contributed by atoms with E-state index in [1.54, 1.807) is 7.11 Å². The molecule has 4 heteroatoms. The molecule has 1 aromatic carbocycles. The standard InChI is InChI=1S/C16H22O4/c1-12(7-8-17)13-5-6-15(16(10-13)18-2)20-14-4-3-9-19-11-14/h5-6,8,10,12,14H,3-4,7,9,11H2,1-2H3. The van der Waals surface area contributed by atoms with Gasteiger partial charge in [0.25, 0.3) is 0 Å². The first-order valence-corrected chi connectivity index (χ1v) is 7.10. The molecule has 0 bridgehead atoms. The van der Waals surface area contributed by atoms with Crippen LogP contribution < -0.4 is 9.47 Å². The molecular weight excluding hydrogens is 256 g/mol. The molecule has 1 aliphatic heterocycles. The molecule has 0 aliphatic carbocycles. The van der Waals surface area contributed by atoms with Crippen molar-refractivity contribution in [2.24, 2.45) is 0 Å². The Morgan fingerprint density at radius 3 is 2.95 bits per heavy atom. The van der Waals surface area contributed by atoms with Crippen molar-refractivity contribution in [3.63, 3.8) is 0 Å². The van der Waals surface area contributed by atoms with Crippen molar-refractivity contribution in [3.05, 3.63) is 23.8 Å². The van der Waals surface area contributed by atoms with Crippen LogP contribution in [0.15, 0.2) is 18.2 Å². The molecule has 0 N–H and O–H groups in total. The molecule has 1 heterocycles. The number of ether oxygens (including phenoxy) is 3. The van der Waals surface area contributed by atoms with Crippen LogP contribution in [0.25, 0.3) is 0 Å². The van der Waals surface area contributed by atoms with Crippen LogP contribution in [0, 0.1) is 0 Å². The highest BCUT2D eigenvalue weighted by Gasteiger charge is 2.18. The van der Waals surface area contributed by atoms with E-state index < -0.39 is 0 Å². The maximum absolute atomic E-state index is 10.6. The van der Waals surface area contributed by atoms with Gasteiger partial charge in [-0.15, -0.1) is 0 Å². The van der Waals surface area contributed by atoms with Gasteiger partial charge in [-0.3, -0.25) is 0 Å². The molecule has 2 unspecified atom stereocenters. The minimum Gasteiger partial charge on any atom is -0.493 e. The number of aldehydes is 1. The van der Waals surface area contributed by atoms with E-state index in [4.69, 9.17) is 14.2 Å². The molecule has 1 saturated heterocycles. The number of hydrogen-bond donors (Lipinski definition) is 0. The predicted octanol–water partition coefficient (Wildman–Crippen LogP) is 2.95. The predicted molar refractivity (Wildman–Crippen MR) is 76.6 cm³/mol. The molecule has 0 aromatic heterocycles.